The molecule has 0 aromatic heterocycles. The molecule has 1 nitrogen and oxygen atoms in total. The van der Waals surface area contributed by atoms with Gasteiger partial charge < -0.3 is 0 Å². The second-order valence-electron chi connectivity index (χ2n) is 5.05. The van der Waals surface area contributed by atoms with Gasteiger partial charge in [0.15, 0.2) is 0 Å². The summed E-state index contributed by atoms with van der Waals surface area (Å²) in [5.41, 5.74) is 1.39. The van der Waals surface area contributed by atoms with Gasteiger partial charge in [-0.15, -0.1) is 11.8 Å². The van der Waals surface area contributed by atoms with Crippen molar-refractivity contribution >= 4 is 40.2 Å². The Bertz CT molecular complexity index is 466. The van der Waals surface area contributed by atoms with E-state index in [9.17, 15) is 0 Å². The summed E-state index contributed by atoms with van der Waals surface area (Å²) < 4.78 is 2.12. The highest BCUT2D eigenvalue weighted by Gasteiger charge is 2.31. The summed E-state index contributed by atoms with van der Waals surface area (Å²) >= 11 is 6.15. The molecule has 0 amide bonds. The zero-order chi connectivity index (χ0) is 13.8. The Morgan fingerprint density at radius 1 is 1.10 bits per heavy atom. The molecule has 1 atom stereocenters. The van der Waals surface area contributed by atoms with Crippen LogP contribution in [0.3, 0.4) is 0 Å². The van der Waals surface area contributed by atoms with Gasteiger partial charge in [-0.05, 0) is 24.2 Å². The first-order valence-electron chi connectivity index (χ1n) is 7.38. The van der Waals surface area contributed by atoms with E-state index < -0.39 is 0 Å². The predicted octanol–water partition coefficient (Wildman–Crippen LogP) is 5.32. The molecule has 20 heavy (non-hydrogen) atoms. The van der Waals surface area contributed by atoms with E-state index in [2.05, 4.69) is 65.7 Å². The SMILES string of the molecule is CCSC1=C(c2ccccc2)SC(N2CCCCC2)S1. The highest BCUT2D eigenvalue weighted by molar-refractivity contribution is 8.34. The molecule has 3 rings (SSSR count). The second-order valence-corrected chi connectivity index (χ2v) is 9.07. The Hall–Kier alpha value is -0.0300. The lowest BCUT2D eigenvalue weighted by molar-refractivity contribution is 0.253. The Morgan fingerprint density at radius 2 is 1.85 bits per heavy atom. The summed E-state index contributed by atoms with van der Waals surface area (Å²) in [6, 6.07) is 10.9. The first-order valence-corrected chi connectivity index (χ1v) is 10.1. The Balaban J connectivity index is 1.77. The summed E-state index contributed by atoms with van der Waals surface area (Å²) in [4.78, 5) is 4.17. The summed E-state index contributed by atoms with van der Waals surface area (Å²) in [5, 5.41) is 0. The van der Waals surface area contributed by atoms with Crippen molar-refractivity contribution in [1.29, 1.82) is 0 Å². The van der Waals surface area contributed by atoms with E-state index in [-0.39, 0.29) is 0 Å². The molecule has 1 aromatic carbocycles. The van der Waals surface area contributed by atoms with Gasteiger partial charge in [0, 0.05) is 18.0 Å². The lowest BCUT2D eigenvalue weighted by Gasteiger charge is -2.31. The quantitative estimate of drug-likeness (QED) is 0.737. The number of hydrogen-bond acceptors (Lipinski definition) is 4. The van der Waals surface area contributed by atoms with Crippen LogP contribution in [0.25, 0.3) is 4.91 Å². The van der Waals surface area contributed by atoms with E-state index in [4.69, 9.17) is 0 Å². The molecule has 0 bridgehead atoms. The highest BCUT2D eigenvalue weighted by atomic mass is 32.2. The summed E-state index contributed by atoms with van der Waals surface area (Å²) in [6.45, 7) is 4.80. The van der Waals surface area contributed by atoms with Crippen molar-refractivity contribution in [3.05, 3.63) is 40.1 Å². The van der Waals surface area contributed by atoms with E-state index in [0.717, 1.165) is 5.75 Å². The summed E-state index contributed by atoms with van der Waals surface area (Å²) in [6.07, 6.45) is 4.15. The number of piperidine rings is 1. The minimum atomic E-state index is 0.597. The van der Waals surface area contributed by atoms with Crippen LogP contribution in [0.4, 0.5) is 0 Å². The molecule has 1 saturated heterocycles. The molecule has 0 aliphatic carbocycles. The normalized spacial score (nSPS) is 24.4. The standard InChI is InChI=1S/C16H21NS3/c1-2-18-15-14(13-9-5-3-6-10-13)19-16(20-15)17-11-7-4-8-12-17/h3,5-6,9-10,16H,2,4,7-8,11-12H2,1H3. The molecule has 0 saturated carbocycles. The van der Waals surface area contributed by atoms with Crippen molar-refractivity contribution in [2.75, 3.05) is 18.8 Å². The fourth-order valence-corrected chi connectivity index (χ4v) is 7.27. The number of rotatable bonds is 4. The van der Waals surface area contributed by atoms with Crippen molar-refractivity contribution < 1.29 is 0 Å². The maximum Gasteiger partial charge on any atom is 0.112 e. The van der Waals surface area contributed by atoms with Crippen LogP contribution < -0.4 is 0 Å². The van der Waals surface area contributed by atoms with Crippen LogP contribution in [0.5, 0.6) is 0 Å². The van der Waals surface area contributed by atoms with Gasteiger partial charge >= 0.3 is 0 Å². The average molecular weight is 324 g/mol. The fraction of sp³-hybridized carbons (Fsp3) is 0.500. The van der Waals surface area contributed by atoms with Crippen LogP contribution in [0, 0.1) is 0 Å². The number of nitrogens with zero attached hydrogens (tertiary/aromatic N) is 1. The van der Waals surface area contributed by atoms with Crippen LogP contribution in [-0.4, -0.2) is 28.4 Å². The van der Waals surface area contributed by atoms with Crippen molar-refractivity contribution in [3.8, 4) is 0 Å². The Labute approximate surface area is 135 Å². The molecule has 0 radical (unpaired) electrons. The third kappa shape index (κ3) is 3.41. The first-order chi connectivity index (χ1) is 9.88. The van der Waals surface area contributed by atoms with Gasteiger partial charge in [0.05, 0.1) is 4.24 Å². The minimum absolute atomic E-state index is 0.597. The average Bonchev–Trinajstić information content (AvgIpc) is 2.94. The molecule has 108 valence electrons. The van der Waals surface area contributed by atoms with E-state index in [1.54, 1.807) is 0 Å². The van der Waals surface area contributed by atoms with Gasteiger partial charge in [-0.3, -0.25) is 4.90 Å². The number of benzene rings is 1. The highest BCUT2D eigenvalue weighted by Crippen LogP contribution is 2.55. The number of thioether (sulfide) groups is 3. The maximum atomic E-state index is 2.67. The zero-order valence-electron chi connectivity index (χ0n) is 11.9. The minimum Gasteiger partial charge on any atom is -0.283 e. The predicted molar refractivity (Wildman–Crippen MR) is 95.9 cm³/mol. The van der Waals surface area contributed by atoms with Crippen LogP contribution in [0.15, 0.2) is 34.6 Å². The molecular weight excluding hydrogens is 302 g/mol. The largest absolute Gasteiger partial charge is 0.283 e. The first kappa shape index (κ1) is 14.9. The summed E-state index contributed by atoms with van der Waals surface area (Å²) in [5.74, 6) is 1.16. The van der Waals surface area contributed by atoms with Crippen molar-refractivity contribution in [2.45, 2.75) is 30.9 Å². The second kappa shape index (κ2) is 7.30. The fourth-order valence-electron chi connectivity index (χ4n) is 2.60. The van der Waals surface area contributed by atoms with E-state index in [0.29, 0.717) is 4.71 Å². The van der Waals surface area contributed by atoms with E-state index >= 15 is 0 Å². The van der Waals surface area contributed by atoms with Crippen molar-refractivity contribution in [2.24, 2.45) is 0 Å². The van der Waals surface area contributed by atoms with Gasteiger partial charge in [0.1, 0.15) is 4.71 Å². The van der Waals surface area contributed by atoms with Crippen molar-refractivity contribution in [1.82, 2.24) is 4.90 Å². The Morgan fingerprint density at radius 3 is 2.55 bits per heavy atom. The van der Waals surface area contributed by atoms with Gasteiger partial charge in [0.25, 0.3) is 0 Å². The maximum absolute atomic E-state index is 2.67. The molecule has 1 unspecified atom stereocenters. The van der Waals surface area contributed by atoms with Gasteiger partial charge in [-0.1, -0.05) is 67.2 Å². The molecule has 2 heterocycles. The lowest BCUT2D eigenvalue weighted by Crippen LogP contribution is -2.34. The Kier molecular flexibility index (Phi) is 5.43. The van der Waals surface area contributed by atoms with Crippen LogP contribution in [0.2, 0.25) is 0 Å². The monoisotopic (exact) mass is 323 g/mol. The topological polar surface area (TPSA) is 3.24 Å². The van der Waals surface area contributed by atoms with Crippen LogP contribution >= 0.6 is 35.3 Å². The zero-order valence-corrected chi connectivity index (χ0v) is 14.3. The van der Waals surface area contributed by atoms with E-state index in [1.165, 1.54) is 47.1 Å². The van der Waals surface area contributed by atoms with Crippen LogP contribution in [0.1, 0.15) is 31.7 Å². The van der Waals surface area contributed by atoms with Gasteiger partial charge in [0.2, 0.25) is 0 Å². The molecule has 1 fully saturated rings. The molecule has 0 N–H and O–H groups in total. The van der Waals surface area contributed by atoms with Gasteiger partial charge in [-0.25, -0.2) is 0 Å². The number of hydrogen-bond donors (Lipinski definition) is 0. The third-order valence-corrected chi connectivity index (χ3v) is 7.94. The molecule has 4 heteroatoms. The van der Waals surface area contributed by atoms with Crippen LogP contribution in [-0.2, 0) is 0 Å². The van der Waals surface area contributed by atoms with Crippen molar-refractivity contribution in [3.63, 3.8) is 0 Å². The summed E-state index contributed by atoms with van der Waals surface area (Å²) in [7, 11) is 0. The molecule has 1 aromatic rings. The lowest BCUT2D eigenvalue weighted by atomic mass is 10.1. The molecule has 2 aliphatic heterocycles. The molecule has 0 spiro atoms. The molecule has 2 aliphatic rings. The molecular formula is C16H21NS3. The van der Waals surface area contributed by atoms with E-state index in [1.807, 2.05) is 11.8 Å². The third-order valence-electron chi connectivity index (χ3n) is 3.61. The smallest absolute Gasteiger partial charge is 0.112 e. The number of likely N-dealkylation sites (tertiary alicyclic amines) is 1. The van der Waals surface area contributed by atoms with Gasteiger partial charge in [-0.2, -0.15) is 0 Å².